The van der Waals surface area contributed by atoms with Crippen molar-refractivity contribution in [2.75, 3.05) is 14.2 Å². The molecule has 0 aliphatic carbocycles. The van der Waals surface area contributed by atoms with Crippen molar-refractivity contribution >= 4 is 22.6 Å². The third-order valence-electron chi connectivity index (χ3n) is 3.32. The van der Waals surface area contributed by atoms with E-state index in [1.54, 1.807) is 27.2 Å². The van der Waals surface area contributed by atoms with Crippen LogP contribution < -0.4 is 9.47 Å². The van der Waals surface area contributed by atoms with Crippen molar-refractivity contribution in [3.63, 3.8) is 0 Å². The van der Waals surface area contributed by atoms with Gasteiger partial charge >= 0.3 is 0 Å². The minimum Gasteiger partial charge on any atom is -0.497 e. The second-order valence-electron chi connectivity index (χ2n) is 4.68. The van der Waals surface area contributed by atoms with E-state index in [9.17, 15) is 5.11 Å². The van der Waals surface area contributed by atoms with Crippen LogP contribution in [0.15, 0.2) is 42.5 Å². The maximum atomic E-state index is 10.9. The summed E-state index contributed by atoms with van der Waals surface area (Å²) in [5.74, 6) is 1.32. The molecule has 2 rings (SSSR count). The number of benzene rings is 2. The molecule has 2 aromatic carbocycles. The van der Waals surface area contributed by atoms with E-state index in [-0.39, 0.29) is 0 Å². The van der Waals surface area contributed by atoms with Gasteiger partial charge in [0.15, 0.2) is 0 Å². The third-order valence-corrected chi connectivity index (χ3v) is 4.04. The highest BCUT2D eigenvalue weighted by Gasteiger charge is 2.26. The molecule has 1 unspecified atom stereocenters. The van der Waals surface area contributed by atoms with E-state index in [1.165, 1.54) is 0 Å². The summed E-state index contributed by atoms with van der Waals surface area (Å²) in [5, 5.41) is 10.9. The number of ether oxygens (including phenoxy) is 2. The molecule has 0 amide bonds. The van der Waals surface area contributed by atoms with Crippen molar-refractivity contribution in [2.24, 2.45) is 0 Å². The van der Waals surface area contributed by atoms with Crippen LogP contribution in [0.25, 0.3) is 0 Å². The van der Waals surface area contributed by atoms with Gasteiger partial charge in [0.05, 0.1) is 14.2 Å². The largest absolute Gasteiger partial charge is 0.497 e. The molecule has 0 saturated heterocycles. The first-order valence-electron chi connectivity index (χ1n) is 6.19. The first kappa shape index (κ1) is 15.1. The number of halogens is 1. The van der Waals surface area contributed by atoms with E-state index in [0.717, 1.165) is 14.7 Å². The molecule has 4 heteroatoms. The van der Waals surface area contributed by atoms with Crippen molar-refractivity contribution in [3.8, 4) is 11.5 Å². The Morgan fingerprint density at radius 2 is 1.40 bits per heavy atom. The molecular formula is C16H17IO3. The minimum atomic E-state index is -1.11. The average molecular weight is 384 g/mol. The zero-order valence-electron chi connectivity index (χ0n) is 11.7. The topological polar surface area (TPSA) is 38.7 Å². The van der Waals surface area contributed by atoms with Crippen molar-refractivity contribution in [3.05, 3.63) is 57.2 Å². The maximum Gasteiger partial charge on any atom is 0.122 e. The zero-order chi connectivity index (χ0) is 14.8. The van der Waals surface area contributed by atoms with Crippen LogP contribution in [0.5, 0.6) is 11.5 Å². The van der Waals surface area contributed by atoms with Gasteiger partial charge in [-0.05, 0) is 64.9 Å². The van der Waals surface area contributed by atoms with E-state index in [4.69, 9.17) is 9.47 Å². The Labute approximate surface area is 132 Å². The Morgan fingerprint density at radius 3 is 1.85 bits per heavy atom. The first-order valence-corrected chi connectivity index (χ1v) is 7.27. The molecule has 20 heavy (non-hydrogen) atoms. The van der Waals surface area contributed by atoms with Gasteiger partial charge in [-0.3, -0.25) is 0 Å². The third kappa shape index (κ3) is 3.07. The molecule has 0 aliphatic heterocycles. The predicted octanol–water partition coefficient (Wildman–Crippen LogP) is 3.56. The Bertz CT molecular complexity index is 569. The molecule has 1 atom stereocenters. The second kappa shape index (κ2) is 6.01. The average Bonchev–Trinajstić information content (AvgIpc) is 2.47. The van der Waals surface area contributed by atoms with Gasteiger partial charge in [0.25, 0.3) is 0 Å². The summed E-state index contributed by atoms with van der Waals surface area (Å²) >= 11 is 2.24. The minimum absolute atomic E-state index is 0.658. The lowest BCUT2D eigenvalue weighted by Gasteiger charge is -2.25. The van der Waals surface area contributed by atoms with Gasteiger partial charge in [-0.1, -0.05) is 12.1 Å². The van der Waals surface area contributed by atoms with Gasteiger partial charge in [0, 0.05) is 9.64 Å². The van der Waals surface area contributed by atoms with Crippen LogP contribution in [0, 0.1) is 3.57 Å². The molecule has 1 N–H and O–H groups in total. The molecule has 0 saturated carbocycles. The summed E-state index contributed by atoms with van der Waals surface area (Å²) in [7, 11) is 3.19. The molecule has 2 aromatic rings. The fourth-order valence-electron chi connectivity index (χ4n) is 2.03. The summed E-state index contributed by atoms with van der Waals surface area (Å²) in [6, 6.07) is 13.2. The van der Waals surface area contributed by atoms with Crippen LogP contribution in [0.3, 0.4) is 0 Å². The number of hydrogen-bond acceptors (Lipinski definition) is 3. The van der Waals surface area contributed by atoms with Crippen molar-refractivity contribution in [1.29, 1.82) is 0 Å². The highest BCUT2D eigenvalue weighted by atomic mass is 127. The van der Waals surface area contributed by atoms with Crippen LogP contribution >= 0.6 is 22.6 Å². The van der Waals surface area contributed by atoms with E-state index in [2.05, 4.69) is 22.6 Å². The fraction of sp³-hybridized carbons (Fsp3) is 0.250. The number of rotatable bonds is 4. The predicted molar refractivity (Wildman–Crippen MR) is 87.4 cm³/mol. The van der Waals surface area contributed by atoms with Gasteiger partial charge in [0.1, 0.15) is 17.1 Å². The Morgan fingerprint density at radius 1 is 0.900 bits per heavy atom. The molecule has 3 nitrogen and oxygen atoms in total. The summed E-state index contributed by atoms with van der Waals surface area (Å²) in [5.41, 5.74) is 0.453. The van der Waals surface area contributed by atoms with Crippen molar-refractivity contribution in [1.82, 2.24) is 0 Å². The maximum absolute atomic E-state index is 10.9. The lowest BCUT2D eigenvalue weighted by Crippen LogP contribution is -2.22. The van der Waals surface area contributed by atoms with E-state index in [0.29, 0.717) is 11.5 Å². The van der Waals surface area contributed by atoms with Crippen LogP contribution in [-0.4, -0.2) is 19.3 Å². The number of aliphatic hydroxyl groups is 1. The van der Waals surface area contributed by atoms with Gasteiger partial charge in [-0.25, -0.2) is 0 Å². The molecular weight excluding hydrogens is 367 g/mol. The number of methoxy groups -OCH3 is 2. The molecule has 106 valence electrons. The normalized spacial score (nSPS) is 13.7. The molecule has 0 bridgehead atoms. The standard InChI is InChI=1S/C16H17IO3/c1-16(18,11-4-6-13(17)7-5-11)12-8-14(19-2)10-15(9-12)20-3/h4-10,18H,1-3H3. The summed E-state index contributed by atoms with van der Waals surface area (Å²) in [6.45, 7) is 1.77. The monoisotopic (exact) mass is 384 g/mol. The molecule has 0 spiro atoms. The van der Waals surface area contributed by atoms with Crippen molar-refractivity contribution < 1.29 is 14.6 Å². The van der Waals surface area contributed by atoms with Gasteiger partial charge in [0.2, 0.25) is 0 Å². The highest BCUT2D eigenvalue weighted by Crippen LogP contribution is 2.34. The molecule has 0 aromatic heterocycles. The second-order valence-corrected chi connectivity index (χ2v) is 5.93. The summed E-state index contributed by atoms with van der Waals surface area (Å²) in [6.07, 6.45) is 0. The quantitative estimate of drug-likeness (QED) is 0.820. The van der Waals surface area contributed by atoms with Gasteiger partial charge < -0.3 is 14.6 Å². The Hall–Kier alpha value is -1.27. The fourth-order valence-corrected chi connectivity index (χ4v) is 2.39. The highest BCUT2D eigenvalue weighted by molar-refractivity contribution is 14.1. The SMILES string of the molecule is COc1cc(OC)cc(C(C)(O)c2ccc(I)cc2)c1. The zero-order valence-corrected chi connectivity index (χ0v) is 13.8. The van der Waals surface area contributed by atoms with Gasteiger partial charge in [-0.2, -0.15) is 0 Å². The lowest BCUT2D eigenvalue weighted by atomic mass is 9.88. The molecule has 0 aliphatic rings. The molecule has 0 radical (unpaired) electrons. The van der Waals surface area contributed by atoms with Crippen molar-refractivity contribution in [2.45, 2.75) is 12.5 Å². The van der Waals surface area contributed by atoms with Crippen LogP contribution in [0.1, 0.15) is 18.1 Å². The number of hydrogen-bond donors (Lipinski definition) is 1. The summed E-state index contributed by atoms with van der Waals surface area (Å²) in [4.78, 5) is 0. The van der Waals surface area contributed by atoms with E-state index < -0.39 is 5.60 Å². The van der Waals surface area contributed by atoms with Crippen LogP contribution in [-0.2, 0) is 5.60 Å². The molecule has 0 fully saturated rings. The van der Waals surface area contributed by atoms with Crippen LogP contribution in [0.4, 0.5) is 0 Å². The van der Waals surface area contributed by atoms with Gasteiger partial charge in [-0.15, -0.1) is 0 Å². The Kier molecular flexibility index (Phi) is 4.55. The van der Waals surface area contributed by atoms with Crippen LogP contribution in [0.2, 0.25) is 0 Å². The van der Waals surface area contributed by atoms with E-state index >= 15 is 0 Å². The summed E-state index contributed by atoms with van der Waals surface area (Å²) < 4.78 is 11.6. The molecule has 0 heterocycles. The first-order chi connectivity index (χ1) is 9.47. The lowest BCUT2D eigenvalue weighted by molar-refractivity contribution is 0.102. The Balaban J connectivity index is 2.49. The van der Waals surface area contributed by atoms with E-state index in [1.807, 2.05) is 36.4 Å². The smallest absolute Gasteiger partial charge is 0.122 e.